The molecular formula is C12H14N2O2. The van der Waals surface area contributed by atoms with Gasteiger partial charge in [0.15, 0.2) is 0 Å². The van der Waals surface area contributed by atoms with E-state index in [0.717, 1.165) is 0 Å². The van der Waals surface area contributed by atoms with Crippen LogP contribution >= 0.6 is 0 Å². The number of nitrogen functional groups attached to an aromatic ring is 1. The Balaban J connectivity index is 3.07. The van der Waals surface area contributed by atoms with Crippen LogP contribution in [0.25, 0.3) is 0 Å². The predicted molar refractivity (Wildman–Crippen MR) is 63.2 cm³/mol. The molecule has 0 aliphatic heterocycles. The summed E-state index contributed by atoms with van der Waals surface area (Å²) in [7, 11) is 3.13. The van der Waals surface area contributed by atoms with Crippen LogP contribution in [0.1, 0.15) is 10.4 Å². The molecule has 0 unspecified atom stereocenters. The number of rotatable bonds is 3. The molecule has 0 heterocycles. The minimum absolute atomic E-state index is 0.206. The van der Waals surface area contributed by atoms with Crippen molar-refractivity contribution in [3.63, 3.8) is 0 Å². The molecule has 1 rings (SSSR count). The van der Waals surface area contributed by atoms with Crippen molar-refractivity contribution in [2.45, 2.75) is 0 Å². The van der Waals surface area contributed by atoms with Gasteiger partial charge in [0.2, 0.25) is 0 Å². The van der Waals surface area contributed by atoms with Gasteiger partial charge in [-0.3, -0.25) is 4.79 Å². The fourth-order valence-electron chi connectivity index (χ4n) is 1.31. The van der Waals surface area contributed by atoms with E-state index in [9.17, 15) is 4.79 Å². The first kappa shape index (κ1) is 11.9. The first-order chi connectivity index (χ1) is 7.60. The fourth-order valence-corrected chi connectivity index (χ4v) is 1.31. The lowest BCUT2D eigenvalue weighted by Gasteiger charge is -2.16. The largest absolute Gasteiger partial charge is 0.496 e. The molecular weight excluding hydrogens is 204 g/mol. The first-order valence-electron chi connectivity index (χ1n) is 4.72. The second-order valence-electron chi connectivity index (χ2n) is 3.33. The third-order valence-corrected chi connectivity index (χ3v) is 2.13. The fraction of sp³-hybridized carbons (Fsp3) is 0.250. The third-order valence-electron chi connectivity index (χ3n) is 2.13. The number of amides is 1. The minimum atomic E-state index is -0.206. The van der Waals surface area contributed by atoms with Crippen LogP contribution in [0.2, 0.25) is 0 Å². The van der Waals surface area contributed by atoms with Gasteiger partial charge < -0.3 is 15.4 Å². The van der Waals surface area contributed by atoms with Crippen LogP contribution in [-0.2, 0) is 0 Å². The molecule has 1 amide bonds. The third kappa shape index (κ3) is 2.45. The SMILES string of the molecule is C#CCN(C)C(=O)c1cc(N)ccc1OC. The molecule has 0 atom stereocenters. The van der Waals surface area contributed by atoms with Crippen LogP contribution in [0, 0.1) is 12.3 Å². The lowest BCUT2D eigenvalue weighted by atomic mass is 10.1. The van der Waals surface area contributed by atoms with Crippen molar-refractivity contribution in [3.8, 4) is 18.1 Å². The van der Waals surface area contributed by atoms with Gasteiger partial charge in [-0.1, -0.05) is 5.92 Å². The van der Waals surface area contributed by atoms with Gasteiger partial charge in [-0.2, -0.15) is 0 Å². The Hall–Kier alpha value is -2.15. The molecule has 0 saturated heterocycles. The van der Waals surface area contributed by atoms with Crippen molar-refractivity contribution in [2.75, 3.05) is 26.4 Å². The van der Waals surface area contributed by atoms with Crippen LogP contribution in [0.4, 0.5) is 5.69 Å². The molecule has 4 nitrogen and oxygen atoms in total. The molecule has 0 aromatic heterocycles. The summed E-state index contributed by atoms with van der Waals surface area (Å²) >= 11 is 0. The molecule has 0 fully saturated rings. The number of terminal acetylenes is 1. The number of ether oxygens (including phenoxy) is 1. The molecule has 84 valence electrons. The normalized spacial score (nSPS) is 9.31. The Morgan fingerprint density at radius 2 is 2.31 bits per heavy atom. The summed E-state index contributed by atoms with van der Waals surface area (Å²) < 4.78 is 5.10. The maximum atomic E-state index is 12.0. The van der Waals surface area contributed by atoms with E-state index in [0.29, 0.717) is 17.0 Å². The summed E-state index contributed by atoms with van der Waals surface area (Å²) in [6.07, 6.45) is 5.15. The Labute approximate surface area is 95.0 Å². The maximum absolute atomic E-state index is 12.0. The highest BCUT2D eigenvalue weighted by Gasteiger charge is 2.16. The first-order valence-corrected chi connectivity index (χ1v) is 4.72. The van der Waals surface area contributed by atoms with Gasteiger partial charge in [0.05, 0.1) is 19.2 Å². The minimum Gasteiger partial charge on any atom is -0.496 e. The summed E-state index contributed by atoms with van der Waals surface area (Å²) in [5, 5.41) is 0. The molecule has 0 aliphatic carbocycles. The lowest BCUT2D eigenvalue weighted by Crippen LogP contribution is -2.27. The zero-order valence-corrected chi connectivity index (χ0v) is 9.36. The van der Waals surface area contributed by atoms with Crippen LogP contribution in [0.5, 0.6) is 5.75 Å². The van der Waals surface area contributed by atoms with Crippen molar-refractivity contribution in [1.82, 2.24) is 4.90 Å². The van der Waals surface area contributed by atoms with E-state index in [-0.39, 0.29) is 12.5 Å². The molecule has 16 heavy (non-hydrogen) atoms. The van der Waals surface area contributed by atoms with E-state index < -0.39 is 0 Å². The monoisotopic (exact) mass is 218 g/mol. The molecule has 1 aromatic rings. The number of nitrogens with two attached hydrogens (primary N) is 1. The number of carbonyl (C=O) groups excluding carboxylic acids is 1. The van der Waals surface area contributed by atoms with E-state index in [1.807, 2.05) is 0 Å². The molecule has 0 bridgehead atoms. The average molecular weight is 218 g/mol. The van der Waals surface area contributed by atoms with Gasteiger partial charge in [0.25, 0.3) is 5.91 Å². The van der Waals surface area contributed by atoms with Gasteiger partial charge in [0.1, 0.15) is 5.75 Å². The number of hydrogen-bond donors (Lipinski definition) is 1. The summed E-state index contributed by atoms with van der Waals surface area (Å²) in [6, 6.07) is 4.91. The van der Waals surface area contributed by atoms with Crippen molar-refractivity contribution in [2.24, 2.45) is 0 Å². The quantitative estimate of drug-likeness (QED) is 0.608. The van der Waals surface area contributed by atoms with Gasteiger partial charge in [0, 0.05) is 12.7 Å². The smallest absolute Gasteiger partial charge is 0.258 e. The summed E-state index contributed by atoms with van der Waals surface area (Å²) in [4.78, 5) is 13.4. The highest BCUT2D eigenvalue weighted by molar-refractivity contribution is 5.97. The van der Waals surface area contributed by atoms with E-state index in [1.165, 1.54) is 12.0 Å². The Bertz CT molecular complexity index is 435. The summed E-state index contributed by atoms with van der Waals surface area (Å²) in [5.74, 6) is 2.69. The number of benzene rings is 1. The van der Waals surface area contributed by atoms with E-state index in [4.69, 9.17) is 16.9 Å². The molecule has 0 radical (unpaired) electrons. The van der Waals surface area contributed by atoms with Crippen molar-refractivity contribution in [1.29, 1.82) is 0 Å². The topological polar surface area (TPSA) is 55.6 Å². The van der Waals surface area contributed by atoms with E-state index >= 15 is 0 Å². The van der Waals surface area contributed by atoms with Crippen LogP contribution in [0.3, 0.4) is 0 Å². The van der Waals surface area contributed by atoms with Crippen molar-refractivity contribution >= 4 is 11.6 Å². The van der Waals surface area contributed by atoms with Gasteiger partial charge in [-0.15, -0.1) is 6.42 Å². The average Bonchev–Trinajstić information content (AvgIpc) is 2.28. The van der Waals surface area contributed by atoms with Crippen molar-refractivity contribution < 1.29 is 9.53 Å². The molecule has 0 aliphatic rings. The van der Waals surface area contributed by atoms with Gasteiger partial charge in [-0.05, 0) is 18.2 Å². The standard InChI is InChI=1S/C12H14N2O2/c1-4-7-14(2)12(15)10-8-9(13)5-6-11(10)16-3/h1,5-6,8H,7,13H2,2-3H3. The molecule has 2 N–H and O–H groups in total. The molecule has 0 saturated carbocycles. The zero-order valence-electron chi connectivity index (χ0n) is 9.36. The predicted octanol–water partition coefficient (Wildman–Crippen LogP) is 0.983. The van der Waals surface area contributed by atoms with Crippen molar-refractivity contribution in [3.05, 3.63) is 23.8 Å². The van der Waals surface area contributed by atoms with E-state index in [1.54, 1.807) is 25.2 Å². The van der Waals surface area contributed by atoms with Crippen LogP contribution in [0.15, 0.2) is 18.2 Å². The Morgan fingerprint density at radius 1 is 1.62 bits per heavy atom. The zero-order chi connectivity index (χ0) is 12.1. The number of nitrogens with zero attached hydrogens (tertiary/aromatic N) is 1. The van der Waals surface area contributed by atoms with Gasteiger partial charge in [-0.25, -0.2) is 0 Å². The number of anilines is 1. The second kappa shape index (κ2) is 5.08. The summed E-state index contributed by atoms with van der Waals surface area (Å²) in [5.41, 5.74) is 6.56. The van der Waals surface area contributed by atoms with Gasteiger partial charge >= 0.3 is 0 Å². The number of carbonyl (C=O) groups is 1. The molecule has 0 spiro atoms. The summed E-state index contributed by atoms with van der Waals surface area (Å²) in [6.45, 7) is 0.247. The van der Waals surface area contributed by atoms with Crippen LogP contribution in [-0.4, -0.2) is 31.5 Å². The lowest BCUT2D eigenvalue weighted by molar-refractivity contribution is 0.0809. The highest BCUT2D eigenvalue weighted by atomic mass is 16.5. The second-order valence-corrected chi connectivity index (χ2v) is 3.33. The van der Waals surface area contributed by atoms with Crippen LogP contribution < -0.4 is 10.5 Å². The Kier molecular flexibility index (Phi) is 3.78. The number of hydrogen-bond acceptors (Lipinski definition) is 3. The molecule has 4 heteroatoms. The molecule has 1 aromatic carbocycles. The van der Waals surface area contributed by atoms with E-state index in [2.05, 4.69) is 5.92 Å². The maximum Gasteiger partial charge on any atom is 0.258 e. The number of methoxy groups -OCH3 is 1. The Morgan fingerprint density at radius 3 is 2.88 bits per heavy atom. The highest BCUT2D eigenvalue weighted by Crippen LogP contribution is 2.22.